The zero-order valence-electron chi connectivity index (χ0n) is 7.70. The van der Waals surface area contributed by atoms with Crippen molar-refractivity contribution in [2.45, 2.75) is 13.6 Å². The molecule has 0 bridgehead atoms. The van der Waals surface area contributed by atoms with Crippen LogP contribution in [0.3, 0.4) is 0 Å². The molecule has 0 fully saturated rings. The lowest BCUT2D eigenvalue weighted by molar-refractivity contribution is 0.485. The number of nitrogens with zero attached hydrogens (tertiary/aromatic N) is 1. The summed E-state index contributed by atoms with van der Waals surface area (Å²) in [4.78, 5) is 3.75. The predicted molar refractivity (Wildman–Crippen MR) is 52.1 cm³/mol. The SMILES string of the molecule is CCS(=O)(=O)Nc1ncccc1CF. The van der Waals surface area contributed by atoms with Gasteiger partial charge >= 0.3 is 0 Å². The minimum absolute atomic E-state index is 0.0602. The van der Waals surface area contributed by atoms with E-state index < -0.39 is 16.7 Å². The Morgan fingerprint density at radius 1 is 1.57 bits per heavy atom. The van der Waals surface area contributed by atoms with Gasteiger partial charge < -0.3 is 0 Å². The monoisotopic (exact) mass is 218 g/mol. The Bertz CT molecular complexity index is 406. The molecule has 1 N–H and O–H groups in total. The average Bonchev–Trinajstić information content (AvgIpc) is 2.18. The molecule has 6 heteroatoms. The van der Waals surface area contributed by atoms with Gasteiger partial charge in [0.05, 0.1) is 5.75 Å². The smallest absolute Gasteiger partial charge is 0.233 e. The molecule has 0 amide bonds. The van der Waals surface area contributed by atoms with Crippen LogP contribution in [0, 0.1) is 0 Å². The van der Waals surface area contributed by atoms with Crippen LogP contribution < -0.4 is 4.72 Å². The van der Waals surface area contributed by atoms with Crippen molar-refractivity contribution in [1.82, 2.24) is 4.98 Å². The van der Waals surface area contributed by atoms with Crippen molar-refractivity contribution >= 4 is 15.8 Å². The first kappa shape index (κ1) is 10.9. The second-order valence-corrected chi connectivity index (χ2v) is 4.66. The molecule has 1 aromatic heterocycles. The Labute approximate surface area is 82.2 Å². The number of halogens is 1. The van der Waals surface area contributed by atoms with Crippen molar-refractivity contribution in [3.63, 3.8) is 0 Å². The third-order valence-corrected chi connectivity index (χ3v) is 2.93. The molecule has 0 saturated heterocycles. The highest BCUT2D eigenvalue weighted by Crippen LogP contribution is 2.13. The van der Waals surface area contributed by atoms with Crippen LogP contribution in [0.2, 0.25) is 0 Å². The second kappa shape index (κ2) is 4.36. The van der Waals surface area contributed by atoms with E-state index in [4.69, 9.17) is 0 Å². The van der Waals surface area contributed by atoms with Crippen LogP contribution in [0.25, 0.3) is 0 Å². The molecule has 0 unspecified atom stereocenters. The molecular formula is C8H11FN2O2S. The largest absolute Gasteiger partial charge is 0.267 e. The molecule has 0 spiro atoms. The fourth-order valence-corrected chi connectivity index (χ4v) is 1.48. The molecule has 0 aliphatic carbocycles. The van der Waals surface area contributed by atoms with E-state index in [0.29, 0.717) is 0 Å². The van der Waals surface area contributed by atoms with Gasteiger partial charge in [0.15, 0.2) is 0 Å². The van der Waals surface area contributed by atoms with Crippen molar-refractivity contribution in [3.05, 3.63) is 23.9 Å². The summed E-state index contributed by atoms with van der Waals surface area (Å²) in [5, 5.41) is 0. The summed E-state index contributed by atoms with van der Waals surface area (Å²) in [7, 11) is -3.38. The van der Waals surface area contributed by atoms with Gasteiger partial charge in [-0.05, 0) is 13.0 Å². The normalized spacial score (nSPS) is 11.3. The maximum absolute atomic E-state index is 12.4. The summed E-state index contributed by atoms with van der Waals surface area (Å²) in [5.74, 6) is 0.00631. The average molecular weight is 218 g/mol. The van der Waals surface area contributed by atoms with Crippen LogP contribution in [0.1, 0.15) is 12.5 Å². The highest BCUT2D eigenvalue weighted by molar-refractivity contribution is 7.92. The number of hydrogen-bond donors (Lipinski definition) is 1. The van der Waals surface area contributed by atoms with Crippen LogP contribution in [0.4, 0.5) is 10.2 Å². The Morgan fingerprint density at radius 3 is 2.86 bits per heavy atom. The minimum atomic E-state index is -3.38. The first-order valence-corrected chi connectivity index (χ1v) is 5.74. The van der Waals surface area contributed by atoms with E-state index in [1.54, 1.807) is 6.07 Å². The Hall–Kier alpha value is -1.17. The van der Waals surface area contributed by atoms with Gasteiger partial charge in [-0.3, -0.25) is 4.72 Å². The van der Waals surface area contributed by atoms with Gasteiger partial charge in [-0.2, -0.15) is 0 Å². The van der Waals surface area contributed by atoms with Crippen LogP contribution in [0.15, 0.2) is 18.3 Å². The number of nitrogens with one attached hydrogen (secondary N) is 1. The maximum atomic E-state index is 12.4. The summed E-state index contributed by atoms with van der Waals surface area (Å²) >= 11 is 0. The molecule has 0 saturated carbocycles. The molecule has 78 valence electrons. The zero-order valence-corrected chi connectivity index (χ0v) is 8.51. The van der Waals surface area contributed by atoms with Gasteiger partial charge in [-0.1, -0.05) is 6.07 Å². The number of anilines is 1. The first-order chi connectivity index (χ1) is 6.59. The molecule has 0 aromatic carbocycles. The maximum Gasteiger partial charge on any atom is 0.233 e. The van der Waals surface area contributed by atoms with Crippen LogP contribution >= 0.6 is 0 Å². The molecule has 1 aromatic rings. The molecule has 14 heavy (non-hydrogen) atoms. The van der Waals surface area contributed by atoms with E-state index in [1.807, 2.05) is 0 Å². The number of sulfonamides is 1. The molecule has 4 nitrogen and oxygen atoms in total. The van der Waals surface area contributed by atoms with Crippen LogP contribution in [0.5, 0.6) is 0 Å². The summed E-state index contributed by atoms with van der Waals surface area (Å²) < 4.78 is 36.9. The van der Waals surface area contributed by atoms with Crippen molar-refractivity contribution in [1.29, 1.82) is 0 Å². The third kappa shape index (κ3) is 2.66. The molecule has 1 rings (SSSR count). The highest BCUT2D eigenvalue weighted by Gasteiger charge is 2.10. The lowest BCUT2D eigenvalue weighted by atomic mass is 10.3. The lowest BCUT2D eigenvalue weighted by Crippen LogP contribution is -2.16. The van der Waals surface area contributed by atoms with Gasteiger partial charge in [0.25, 0.3) is 0 Å². The van der Waals surface area contributed by atoms with Gasteiger partial charge in [0.2, 0.25) is 10.0 Å². The van der Waals surface area contributed by atoms with E-state index >= 15 is 0 Å². The van der Waals surface area contributed by atoms with Crippen LogP contribution in [-0.4, -0.2) is 19.2 Å². The van der Waals surface area contributed by atoms with Crippen molar-refractivity contribution < 1.29 is 12.8 Å². The number of pyridine rings is 1. The topological polar surface area (TPSA) is 59.1 Å². The summed E-state index contributed by atoms with van der Waals surface area (Å²) in [6.07, 6.45) is 1.41. The van der Waals surface area contributed by atoms with Crippen molar-refractivity contribution in [2.75, 3.05) is 10.5 Å². The van der Waals surface area contributed by atoms with E-state index in [9.17, 15) is 12.8 Å². The standard InChI is InChI=1S/C8H11FN2O2S/c1-2-14(12,13)11-8-7(6-9)4-3-5-10-8/h3-5H,2,6H2,1H3,(H,10,11). The number of hydrogen-bond acceptors (Lipinski definition) is 3. The minimum Gasteiger partial charge on any atom is -0.267 e. The Kier molecular flexibility index (Phi) is 3.40. The van der Waals surface area contributed by atoms with Gasteiger partial charge in [-0.15, -0.1) is 0 Å². The lowest BCUT2D eigenvalue weighted by Gasteiger charge is -2.07. The number of rotatable bonds is 4. The quantitative estimate of drug-likeness (QED) is 0.829. The van der Waals surface area contributed by atoms with Gasteiger partial charge in [0.1, 0.15) is 12.5 Å². The Morgan fingerprint density at radius 2 is 2.29 bits per heavy atom. The molecule has 0 aliphatic rings. The van der Waals surface area contributed by atoms with E-state index in [-0.39, 0.29) is 17.1 Å². The van der Waals surface area contributed by atoms with Crippen molar-refractivity contribution in [2.24, 2.45) is 0 Å². The predicted octanol–water partition coefficient (Wildman–Crippen LogP) is 1.31. The summed E-state index contributed by atoms with van der Waals surface area (Å²) in [5.41, 5.74) is 0.240. The highest BCUT2D eigenvalue weighted by atomic mass is 32.2. The van der Waals surface area contributed by atoms with Gasteiger partial charge in [0, 0.05) is 11.8 Å². The molecule has 0 radical (unpaired) electrons. The molecule has 0 atom stereocenters. The summed E-state index contributed by atoms with van der Waals surface area (Å²) in [6.45, 7) is 0.760. The molecule has 1 heterocycles. The van der Waals surface area contributed by atoms with E-state index in [0.717, 1.165) is 0 Å². The third-order valence-electron chi connectivity index (χ3n) is 1.67. The fourth-order valence-electron chi connectivity index (χ4n) is 0.858. The number of aromatic nitrogens is 1. The number of alkyl halides is 1. The van der Waals surface area contributed by atoms with Crippen LogP contribution in [-0.2, 0) is 16.7 Å². The Balaban J connectivity index is 2.97. The molecular weight excluding hydrogens is 207 g/mol. The van der Waals surface area contributed by atoms with Crippen molar-refractivity contribution in [3.8, 4) is 0 Å². The summed E-state index contributed by atoms with van der Waals surface area (Å²) in [6, 6.07) is 3.04. The van der Waals surface area contributed by atoms with E-state index in [1.165, 1.54) is 19.2 Å². The molecule has 0 aliphatic heterocycles. The van der Waals surface area contributed by atoms with E-state index in [2.05, 4.69) is 9.71 Å². The van der Waals surface area contributed by atoms with Gasteiger partial charge in [-0.25, -0.2) is 17.8 Å². The zero-order chi connectivity index (χ0) is 10.6. The second-order valence-electron chi connectivity index (χ2n) is 2.65. The fraction of sp³-hybridized carbons (Fsp3) is 0.375. The first-order valence-electron chi connectivity index (χ1n) is 4.09.